The van der Waals surface area contributed by atoms with E-state index in [-0.39, 0.29) is 0 Å². The monoisotopic (exact) mass is 77.1 g/mol. The van der Waals surface area contributed by atoms with Gasteiger partial charge in [-0.05, 0) is 0 Å². The fraction of sp³-hybridized carbons (Fsp3) is 0.500. The number of nitrogens with one attached hydrogen (secondary N) is 1. The van der Waals surface area contributed by atoms with Gasteiger partial charge in [0.15, 0.2) is 0 Å². The Hall–Kier alpha value is -0.135. The van der Waals surface area contributed by atoms with E-state index in [0.717, 1.165) is 0 Å². The molecule has 0 radical (unpaired) electrons. The minimum atomic E-state index is 0.609. The SMILES string of the molecule is BB=BC(C)=N. The van der Waals surface area contributed by atoms with Crippen molar-refractivity contribution in [3.63, 3.8) is 0 Å². The number of hydrogen-bond acceptors (Lipinski definition) is 1. The first kappa shape index (κ1) is 5.86. The van der Waals surface area contributed by atoms with Crippen LogP contribution in [0.15, 0.2) is 0 Å². The van der Waals surface area contributed by atoms with E-state index in [1.54, 1.807) is 13.7 Å². The molecule has 28 valence electrons. The fourth-order valence-electron chi connectivity index (χ4n) is 0.250. The third-order valence-corrected chi connectivity index (χ3v) is 0.417. The molecule has 1 N–H and O–H groups in total. The molecule has 6 heavy (non-hydrogen) atoms. The molecule has 0 amide bonds. The van der Waals surface area contributed by atoms with Gasteiger partial charge >= 0.3 is 39.2 Å². The zero-order chi connectivity index (χ0) is 4.99. The van der Waals surface area contributed by atoms with Crippen molar-refractivity contribution in [1.29, 1.82) is 5.41 Å². The summed E-state index contributed by atoms with van der Waals surface area (Å²) in [6, 6.07) is 0. The van der Waals surface area contributed by atoms with Crippen molar-refractivity contribution >= 4 is 26.8 Å². The van der Waals surface area contributed by atoms with Gasteiger partial charge in [0.2, 0.25) is 0 Å². The van der Waals surface area contributed by atoms with E-state index in [2.05, 4.69) is 0 Å². The quantitative estimate of drug-likeness (QED) is 0.301. The molecule has 0 heterocycles. The van der Waals surface area contributed by atoms with Gasteiger partial charge in [-0.1, -0.05) is 0 Å². The molecule has 0 rings (SSSR count). The molecule has 0 saturated carbocycles. The van der Waals surface area contributed by atoms with Crippen LogP contribution in [-0.2, 0) is 0 Å². The topological polar surface area (TPSA) is 23.9 Å². The zero-order valence-electron chi connectivity index (χ0n) is 4.15. The molecule has 0 aromatic rings. The molecule has 1 nitrogen and oxygen atoms in total. The van der Waals surface area contributed by atoms with Crippen LogP contribution in [0, 0.1) is 5.41 Å². The summed E-state index contributed by atoms with van der Waals surface area (Å²) in [6.45, 7) is 5.35. The molecular formula is C2H6B3N. The van der Waals surface area contributed by atoms with E-state index >= 15 is 0 Å². The molecule has 0 aliphatic carbocycles. The summed E-state index contributed by atoms with van der Waals surface area (Å²) < 4.78 is 0. The minimum absolute atomic E-state index is 0.609. The molecule has 0 atom stereocenters. The number of rotatable bonds is 1. The van der Waals surface area contributed by atoms with E-state index in [9.17, 15) is 0 Å². The number of hydrogen-bond donors (Lipinski definition) is 1. The van der Waals surface area contributed by atoms with Crippen LogP contribution >= 0.6 is 0 Å². The maximum atomic E-state index is 6.81. The van der Waals surface area contributed by atoms with Crippen molar-refractivity contribution in [3.8, 4) is 0 Å². The van der Waals surface area contributed by atoms with Gasteiger partial charge in [-0.3, -0.25) is 0 Å². The van der Waals surface area contributed by atoms with Crippen molar-refractivity contribution in [2.45, 2.75) is 6.92 Å². The first-order valence-corrected chi connectivity index (χ1v) is 1.95. The van der Waals surface area contributed by atoms with Crippen molar-refractivity contribution in [3.05, 3.63) is 0 Å². The summed E-state index contributed by atoms with van der Waals surface area (Å²) in [5.74, 6) is 0. The Morgan fingerprint density at radius 1 is 1.83 bits per heavy atom. The van der Waals surface area contributed by atoms with Crippen LogP contribution in [0.25, 0.3) is 0 Å². The van der Waals surface area contributed by atoms with E-state index < -0.39 is 0 Å². The predicted molar refractivity (Wildman–Crippen MR) is 33.5 cm³/mol. The molecule has 4 heteroatoms. The second-order valence-corrected chi connectivity index (χ2v) is 1.18. The molecule has 0 aliphatic rings. The predicted octanol–water partition coefficient (Wildman–Crippen LogP) is -1.14. The molecule has 0 bridgehead atoms. The van der Waals surface area contributed by atoms with Crippen LogP contribution in [-0.4, -0.2) is 26.8 Å². The average molecular weight is 76.5 g/mol. The van der Waals surface area contributed by atoms with E-state index in [1.165, 1.54) is 0 Å². The molecule has 0 aromatic heterocycles. The van der Waals surface area contributed by atoms with E-state index in [1.807, 2.05) is 14.4 Å². The summed E-state index contributed by atoms with van der Waals surface area (Å²) in [6.07, 6.45) is 0. The Morgan fingerprint density at radius 2 is 2.33 bits per heavy atom. The van der Waals surface area contributed by atoms with Crippen molar-refractivity contribution < 1.29 is 0 Å². The normalized spacial score (nSPS) is 6.83. The first-order chi connectivity index (χ1) is 2.77. The van der Waals surface area contributed by atoms with E-state index in [4.69, 9.17) is 5.41 Å². The molecule has 0 fully saturated rings. The Bertz CT molecular complexity index is 76.9. The Kier molecular flexibility index (Phi) is 3.00. The van der Waals surface area contributed by atoms with Crippen LogP contribution < -0.4 is 0 Å². The van der Waals surface area contributed by atoms with Crippen LogP contribution in [0.4, 0.5) is 0 Å². The van der Waals surface area contributed by atoms with Crippen LogP contribution in [0.3, 0.4) is 0 Å². The van der Waals surface area contributed by atoms with Crippen molar-refractivity contribution in [2.24, 2.45) is 0 Å². The first-order valence-electron chi connectivity index (χ1n) is 1.95. The summed E-state index contributed by atoms with van der Waals surface area (Å²) in [7, 11) is 1.90. The standard InChI is InChI=1S/C2H6B3N/c1-2(6)4-5-3/h6H,3H2,1H3. The second kappa shape index (κ2) is 3.07. The van der Waals surface area contributed by atoms with Gasteiger partial charge in [-0.2, -0.15) is 0 Å². The Balaban J connectivity index is 3.30. The van der Waals surface area contributed by atoms with Gasteiger partial charge in [0.05, 0.1) is 0 Å². The van der Waals surface area contributed by atoms with Gasteiger partial charge in [0.25, 0.3) is 0 Å². The molecular weight excluding hydrogens is 70.5 g/mol. The molecule has 0 saturated heterocycles. The van der Waals surface area contributed by atoms with Gasteiger partial charge in [0.1, 0.15) is 0 Å². The van der Waals surface area contributed by atoms with Gasteiger partial charge in [0, 0.05) is 0 Å². The summed E-state index contributed by atoms with van der Waals surface area (Å²) in [5.41, 5.74) is 0.609. The van der Waals surface area contributed by atoms with Crippen LogP contribution in [0.2, 0.25) is 0 Å². The summed E-state index contributed by atoms with van der Waals surface area (Å²) >= 11 is 0. The van der Waals surface area contributed by atoms with Crippen molar-refractivity contribution in [2.75, 3.05) is 0 Å². The third-order valence-electron chi connectivity index (χ3n) is 0.417. The fourth-order valence-corrected chi connectivity index (χ4v) is 0.250. The summed E-state index contributed by atoms with van der Waals surface area (Å²) in [4.78, 5) is 0. The van der Waals surface area contributed by atoms with Gasteiger partial charge < -0.3 is 0 Å². The van der Waals surface area contributed by atoms with Crippen LogP contribution in [0.5, 0.6) is 0 Å². The van der Waals surface area contributed by atoms with Gasteiger partial charge in [-0.15, -0.1) is 0 Å². The molecule has 0 unspecified atom stereocenters. The second-order valence-electron chi connectivity index (χ2n) is 1.18. The average Bonchev–Trinajstić information content (AvgIpc) is 1.35. The molecule has 0 aromatic carbocycles. The Labute approximate surface area is 40.1 Å². The summed E-state index contributed by atoms with van der Waals surface area (Å²) in [5, 5.41) is 6.81. The molecule has 0 spiro atoms. The molecule has 0 aliphatic heterocycles. The Morgan fingerprint density at radius 3 is 2.33 bits per heavy atom. The van der Waals surface area contributed by atoms with Crippen LogP contribution in [0.1, 0.15) is 6.92 Å². The van der Waals surface area contributed by atoms with E-state index in [0.29, 0.717) is 5.61 Å². The maximum absolute atomic E-state index is 6.81. The van der Waals surface area contributed by atoms with Crippen molar-refractivity contribution in [1.82, 2.24) is 0 Å². The van der Waals surface area contributed by atoms with Gasteiger partial charge in [-0.25, -0.2) is 0 Å². The third kappa shape index (κ3) is 3.86. The zero-order valence-corrected chi connectivity index (χ0v) is 4.15.